The second-order valence-corrected chi connectivity index (χ2v) is 5.50. The van der Waals surface area contributed by atoms with Crippen molar-refractivity contribution in [1.29, 1.82) is 0 Å². The van der Waals surface area contributed by atoms with Crippen molar-refractivity contribution in [3.8, 4) is 5.75 Å². The zero-order chi connectivity index (χ0) is 14.4. The highest BCUT2D eigenvalue weighted by atomic mass is 35.5. The number of hydrogen-bond acceptors (Lipinski definition) is 3. The van der Waals surface area contributed by atoms with Crippen LogP contribution in [0.4, 0.5) is 4.39 Å². The minimum Gasteiger partial charge on any atom is -0.508 e. The molecule has 1 aromatic carbocycles. The van der Waals surface area contributed by atoms with Crippen LogP contribution in [-0.2, 0) is 0 Å². The highest BCUT2D eigenvalue weighted by Crippen LogP contribution is 2.33. The Kier molecular flexibility index (Phi) is 10.8. The highest BCUT2D eigenvalue weighted by Gasteiger charge is 2.24. The maximum atomic E-state index is 13.5. The van der Waals surface area contributed by atoms with Gasteiger partial charge in [-0.15, -0.1) is 24.8 Å². The third-order valence-corrected chi connectivity index (χ3v) is 4.02. The maximum Gasteiger partial charge on any atom is 0.123 e. The Bertz CT molecular complexity index is 429. The van der Waals surface area contributed by atoms with Gasteiger partial charge in [0.1, 0.15) is 11.6 Å². The summed E-state index contributed by atoms with van der Waals surface area (Å²) in [6, 6.07) is 4.41. The molecule has 0 bridgehead atoms. The molecule has 1 saturated heterocycles. The van der Waals surface area contributed by atoms with E-state index in [-0.39, 0.29) is 42.4 Å². The Hall–Kier alpha value is -0.550. The lowest BCUT2D eigenvalue weighted by atomic mass is 9.97. The molecule has 1 aliphatic rings. The molecule has 0 aromatic heterocycles. The summed E-state index contributed by atoms with van der Waals surface area (Å²) in [4.78, 5) is 2.36. The van der Waals surface area contributed by atoms with Gasteiger partial charge in [0, 0.05) is 37.8 Å². The first kappa shape index (κ1) is 21.4. The first-order valence-electron chi connectivity index (χ1n) is 7.65. The second-order valence-electron chi connectivity index (χ2n) is 5.50. The fourth-order valence-corrected chi connectivity index (χ4v) is 2.91. The Labute approximate surface area is 145 Å². The molecule has 0 saturated carbocycles. The topological polar surface area (TPSA) is 35.5 Å². The monoisotopic (exact) mass is 352 g/mol. The fourth-order valence-electron chi connectivity index (χ4n) is 2.91. The molecule has 2 rings (SSSR count). The Morgan fingerprint density at radius 2 is 1.91 bits per heavy atom. The number of benzene rings is 1. The summed E-state index contributed by atoms with van der Waals surface area (Å²) < 4.78 is 13.5. The van der Waals surface area contributed by atoms with E-state index in [4.69, 9.17) is 0 Å². The van der Waals surface area contributed by atoms with Gasteiger partial charge in [0.25, 0.3) is 0 Å². The molecule has 0 radical (unpaired) electrons. The molecule has 0 amide bonds. The van der Waals surface area contributed by atoms with Crippen molar-refractivity contribution >= 4 is 24.8 Å². The van der Waals surface area contributed by atoms with Crippen LogP contribution >= 0.6 is 24.8 Å². The molecule has 1 aromatic rings. The number of hydrogen-bond donors (Lipinski definition) is 2. The third-order valence-electron chi connectivity index (χ3n) is 4.02. The molecule has 22 heavy (non-hydrogen) atoms. The average Bonchev–Trinajstić information content (AvgIpc) is 2.48. The maximum absolute atomic E-state index is 13.5. The van der Waals surface area contributed by atoms with Gasteiger partial charge in [-0.2, -0.15) is 0 Å². The van der Waals surface area contributed by atoms with Crippen LogP contribution in [0, 0.1) is 5.82 Å². The molecule has 1 atom stereocenters. The number of piperazine rings is 1. The highest BCUT2D eigenvalue weighted by molar-refractivity contribution is 5.85. The average molecular weight is 353 g/mol. The zero-order valence-electron chi connectivity index (χ0n) is 13.1. The van der Waals surface area contributed by atoms with Gasteiger partial charge in [0.05, 0.1) is 0 Å². The molecular weight excluding hydrogens is 326 g/mol. The largest absolute Gasteiger partial charge is 0.508 e. The molecule has 6 heteroatoms. The van der Waals surface area contributed by atoms with Gasteiger partial charge in [-0.05, 0) is 24.6 Å². The van der Waals surface area contributed by atoms with Crippen molar-refractivity contribution in [3.63, 3.8) is 0 Å². The first-order chi connectivity index (χ1) is 9.72. The number of halogens is 3. The van der Waals surface area contributed by atoms with Crippen LogP contribution in [0.15, 0.2) is 18.2 Å². The molecule has 2 N–H and O–H groups in total. The van der Waals surface area contributed by atoms with Crippen molar-refractivity contribution < 1.29 is 9.50 Å². The third kappa shape index (κ3) is 5.92. The fraction of sp³-hybridized carbons (Fsp3) is 0.625. The number of nitrogens with one attached hydrogen (secondary N) is 1. The Balaban J connectivity index is 0.00000220. The van der Waals surface area contributed by atoms with E-state index in [1.165, 1.54) is 31.0 Å². The van der Waals surface area contributed by atoms with Crippen molar-refractivity contribution in [3.05, 3.63) is 29.6 Å². The van der Waals surface area contributed by atoms with E-state index in [1.807, 2.05) is 0 Å². The summed E-state index contributed by atoms with van der Waals surface area (Å²) >= 11 is 0. The number of phenols is 1. The molecule has 0 spiro atoms. The van der Waals surface area contributed by atoms with Crippen molar-refractivity contribution in [1.82, 2.24) is 10.2 Å². The number of phenolic OH excluding ortho intramolecular Hbond substituents is 1. The zero-order valence-corrected chi connectivity index (χ0v) is 14.7. The summed E-state index contributed by atoms with van der Waals surface area (Å²) in [5, 5.41) is 13.4. The molecule has 1 aliphatic heterocycles. The first-order valence-corrected chi connectivity index (χ1v) is 7.65. The van der Waals surface area contributed by atoms with E-state index in [1.54, 1.807) is 0 Å². The molecule has 3 nitrogen and oxygen atoms in total. The van der Waals surface area contributed by atoms with Gasteiger partial charge in [0.2, 0.25) is 0 Å². The standard InChI is InChI=1S/C16H25FN2O.2ClH/c1-2-3-4-5-15(19-10-8-18-9-11-19)14-12-13(17)6-7-16(14)20;;/h6-7,12,15,18,20H,2-5,8-11H2,1H3;2*1H/t15-;;/m0../s1. The number of nitrogens with zero attached hydrogens (tertiary/aromatic N) is 1. The van der Waals surface area contributed by atoms with Crippen LogP contribution in [0.2, 0.25) is 0 Å². The van der Waals surface area contributed by atoms with Crippen LogP contribution < -0.4 is 5.32 Å². The lowest BCUT2D eigenvalue weighted by molar-refractivity contribution is 0.160. The van der Waals surface area contributed by atoms with Gasteiger partial charge in [-0.3, -0.25) is 4.90 Å². The van der Waals surface area contributed by atoms with Crippen LogP contribution in [0.3, 0.4) is 0 Å². The van der Waals surface area contributed by atoms with E-state index in [9.17, 15) is 9.50 Å². The minimum absolute atomic E-state index is 0. The van der Waals surface area contributed by atoms with E-state index in [0.717, 1.165) is 44.6 Å². The summed E-state index contributed by atoms with van der Waals surface area (Å²) in [6.07, 6.45) is 4.44. The van der Waals surface area contributed by atoms with Gasteiger partial charge >= 0.3 is 0 Å². The summed E-state index contributed by atoms with van der Waals surface area (Å²) in [5.74, 6) is -0.0557. The van der Waals surface area contributed by atoms with E-state index in [0.29, 0.717) is 0 Å². The van der Waals surface area contributed by atoms with Gasteiger partial charge in [-0.25, -0.2) is 4.39 Å². The van der Waals surface area contributed by atoms with Crippen LogP contribution in [0.1, 0.15) is 44.2 Å². The van der Waals surface area contributed by atoms with Crippen molar-refractivity contribution in [2.75, 3.05) is 26.2 Å². The smallest absolute Gasteiger partial charge is 0.123 e. The summed E-state index contributed by atoms with van der Waals surface area (Å²) in [6.45, 7) is 6.00. The quantitative estimate of drug-likeness (QED) is 0.762. The van der Waals surface area contributed by atoms with E-state index in [2.05, 4.69) is 17.1 Å². The second kappa shape index (κ2) is 11.1. The predicted octanol–water partition coefficient (Wildman–Crippen LogP) is 3.90. The lowest BCUT2D eigenvalue weighted by Crippen LogP contribution is -2.45. The molecular formula is C16H27Cl2FN2O. The van der Waals surface area contributed by atoms with Crippen molar-refractivity contribution in [2.45, 2.75) is 38.6 Å². The van der Waals surface area contributed by atoms with Gasteiger partial charge in [-0.1, -0.05) is 26.2 Å². The Morgan fingerprint density at radius 1 is 1.23 bits per heavy atom. The van der Waals surface area contributed by atoms with Crippen LogP contribution in [0.25, 0.3) is 0 Å². The minimum atomic E-state index is -0.270. The summed E-state index contributed by atoms with van der Waals surface area (Å²) in [5.41, 5.74) is 0.739. The molecule has 1 fully saturated rings. The molecule has 128 valence electrons. The van der Waals surface area contributed by atoms with E-state index >= 15 is 0 Å². The van der Waals surface area contributed by atoms with Gasteiger partial charge < -0.3 is 10.4 Å². The summed E-state index contributed by atoms with van der Waals surface area (Å²) in [7, 11) is 0. The number of aromatic hydroxyl groups is 1. The van der Waals surface area contributed by atoms with Crippen LogP contribution in [-0.4, -0.2) is 36.2 Å². The SMILES string of the molecule is CCCCC[C@@H](c1cc(F)ccc1O)N1CCNCC1.Cl.Cl. The normalized spacial score (nSPS) is 16.5. The van der Waals surface area contributed by atoms with E-state index < -0.39 is 0 Å². The lowest BCUT2D eigenvalue weighted by Gasteiger charge is -2.35. The van der Waals surface area contributed by atoms with Crippen molar-refractivity contribution in [2.24, 2.45) is 0 Å². The van der Waals surface area contributed by atoms with Crippen LogP contribution in [0.5, 0.6) is 5.75 Å². The molecule has 0 aliphatic carbocycles. The van der Waals surface area contributed by atoms with Gasteiger partial charge in [0.15, 0.2) is 0 Å². The molecule has 0 unspecified atom stereocenters. The molecule has 1 heterocycles. The number of unbranched alkanes of at least 4 members (excludes halogenated alkanes) is 2. The number of rotatable bonds is 6. The Morgan fingerprint density at radius 3 is 2.55 bits per heavy atom. The predicted molar refractivity (Wildman–Crippen MR) is 93.9 cm³/mol.